The molecule has 0 bridgehead atoms. The first-order valence-corrected chi connectivity index (χ1v) is 12.1. The predicted molar refractivity (Wildman–Crippen MR) is 124 cm³/mol. The molecular formula is C28H23F9O2. The molecule has 0 aliphatic heterocycles. The van der Waals surface area contributed by atoms with Gasteiger partial charge < -0.3 is 9.47 Å². The molecule has 3 aromatic rings. The molecule has 0 N–H and O–H groups in total. The fraction of sp³-hybridized carbons (Fsp3) is 0.357. The highest BCUT2D eigenvalue weighted by Crippen LogP contribution is 2.40. The lowest BCUT2D eigenvalue weighted by Gasteiger charge is -2.21. The normalized spacial score (nSPS) is 18.5. The zero-order chi connectivity index (χ0) is 28.5. The van der Waals surface area contributed by atoms with E-state index in [2.05, 4.69) is 16.4 Å². The third kappa shape index (κ3) is 6.80. The van der Waals surface area contributed by atoms with Crippen molar-refractivity contribution in [2.45, 2.75) is 57.4 Å². The van der Waals surface area contributed by atoms with Gasteiger partial charge >= 0.3 is 12.5 Å². The molecule has 1 aliphatic carbocycles. The molecule has 0 spiro atoms. The smallest absolute Gasteiger partial charge is 0.429 e. The van der Waals surface area contributed by atoms with Gasteiger partial charge in [-0.1, -0.05) is 50.5 Å². The van der Waals surface area contributed by atoms with E-state index in [1.807, 2.05) is 12.1 Å². The van der Waals surface area contributed by atoms with Gasteiger partial charge in [0.25, 0.3) is 0 Å². The monoisotopic (exact) mass is 562 g/mol. The third-order valence-electron chi connectivity index (χ3n) is 6.74. The Morgan fingerprint density at radius 3 is 1.82 bits per heavy atom. The van der Waals surface area contributed by atoms with Gasteiger partial charge in [-0.25, -0.2) is 17.6 Å². The summed E-state index contributed by atoms with van der Waals surface area (Å²) >= 11 is 0. The summed E-state index contributed by atoms with van der Waals surface area (Å²) in [6.45, 7) is 2.21. The highest BCUT2D eigenvalue weighted by molar-refractivity contribution is 5.64. The Morgan fingerprint density at radius 1 is 0.667 bits per heavy atom. The van der Waals surface area contributed by atoms with Gasteiger partial charge in [0.1, 0.15) is 22.9 Å². The van der Waals surface area contributed by atoms with E-state index in [0.717, 1.165) is 37.7 Å². The van der Waals surface area contributed by atoms with Crippen molar-refractivity contribution in [1.82, 2.24) is 0 Å². The molecule has 1 saturated carbocycles. The van der Waals surface area contributed by atoms with Gasteiger partial charge in [-0.05, 0) is 53.5 Å². The highest BCUT2D eigenvalue weighted by atomic mass is 19.4. The van der Waals surface area contributed by atoms with Crippen molar-refractivity contribution >= 4 is 0 Å². The molecule has 39 heavy (non-hydrogen) atoms. The minimum absolute atomic E-state index is 0.0290. The summed E-state index contributed by atoms with van der Waals surface area (Å²) in [4.78, 5) is 0. The van der Waals surface area contributed by atoms with Gasteiger partial charge in [0, 0.05) is 12.1 Å². The van der Waals surface area contributed by atoms with E-state index in [1.165, 1.54) is 0 Å². The zero-order valence-corrected chi connectivity index (χ0v) is 20.5. The molecular weight excluding hydrogens is 539 g/mol. The Hall–Kier alpha value is -3.37. The van der Waals surface area contributed by atoms with Crippen LogP contribution >= 0.6 is 0 Å². The lowest BCUT2D eigenvalue weighted by atomic mass is 9.90. The maximum Gasteiger partial charge on any atom is 0.573 e. The van der Waals surface area contributed by atoms with Crippen molar-refractivity contribution in [2.24, 2.45) is 5.92 Å². The number of rotatable bonds is 6. The van der Waals surface area contributed by atoms with Crippen LogP contribution in [0.3, 0.4) is 0 Å². The Labute approximate surface area is 218 Å². The van der Waals surface area contributed by atoms with E-state index in [9.17, 15) is 39.5 Å². The molecule has 2 unspecified atom stereocenters. The van der Waals surface area contributed by atoms with E-state index < -0.39 is 52.8 Å². The molecule has 3 aromatic carbocycles. The largest absolute Gasteiger partial charge is 0.573 e. The van der Waals surface area contributed by atoms with Gasteiger partial charge in [0.15, 0.2) is 11.6 Å². The highest BCUT2D eigenvalue weighted by Gasteiger charge is 2.42. The first kappa shape index (κ1) is 28.6. The van der Waals surface area contributed by atoms with Crippen LogP contribution in [-0.2, 0) is 6.11 Å². The molecule has 0 heterocycles. The molecule has 0 saturated heterocycles. The van der Waals surface area contributed by atoms with Crippen LogP contribution in [0.2, 0.25) is 0 Å². The van der Waals surface area contributed by atoms with Gasteiger partial charge in [0.05, 0.1) is 0 Å². The van der Waals surface area contributed by atoms with Crippen molar-refractivity contribution in [2.75, 3.05) is 0 Å². The molecule has 1 aliphatic rings. The topological polar surface area (TPSA) is 18.5 Å². The summed E-state index contributed by atoms with van der Waals surface area (Å²) in [5.41, 5.74) is -0.418. The van der Waals surface area contributed by atoms with Crippen LogP contribution in [-0.4, -0.2) is 6.36 Å². The maximum atomic E-state index is 14.8. The van der Waals surface area contributed by atoms with E-state index in [4.69, 9.17) is 0 Å². The number of halogens is 9. The van der Waals surface area contributed by atoms with Crippen LogP contribution in [0.15, 0.2) is 48.5 Å². The molecule has 0 aromatic heterocycles. The molecule has 210 valence electrons. The second-order valence-corrected chi connectivity index (χ2v) is 9.63. The standard InChI is InChI=1S/C28H23F9O2/c1-15-3-2-4-16(6-5-15)17-7-9-18(10-8-17)19-11-21(29)25(22(30)12-19)27(33,34)38-20-13-23(31)26(24(32)14-20)39-28(35,36)37/h7-16H,2-6H2,1H3. The fourth-order valence-electron chi connectivity index (χ4n) is 4.79. The molecule has 2 nitrogen and oxygen atoms in total. The Balaban J connectivity index is 1.55. The van der Waals surface area contributed by atoms with Crippen LogP contribution in [0.5, 0.6) is 11.5 Å². The summed E-state index contributed by atoms with van der Waals surface area (Å²) in [6, 6.07) is 8.24. The lowest BCUT2D eigenvalue weighted by molar-refractivity contribution is -0.276. The van der Waals surface area contributed by atoms with E-state index in [-0.39, 0.29) is 17.7 Å². The molecule has 4 rings (SSSR count). The lowest BCUT2D eigenvalue weighted by Crippen LogP contribution is -2.25. The van der Waals surface area contributed by atoms with Crippen molar-refractivity contribution in [3.63, 3.8) is 0 Å². The molecule has 2 atom stereocenters. The van der Waals surface area contributed by atoms with Crippen LogP contribution in [0.1, 0.15) is 56.1 Å². The van der Waals surface area contributed by atoms with Crippen molar-refractivity contribution in [3.05, 3.63) is 82.9 Å². The average molecular weight is 562 g/mol. The van der Waals surface area contributed by atoms with E-state index >= 15 is 0 Å². The van der Waals surface area contributed by atoms with Crippen LogP contribution in [0, 0.1) is 29.2 Å². The van der Waals surface area contributed by atoms with E-state index in [0.29, 0.717) is 29.5 Å². The van der Waals surface area contributed by atoms with Gasteiger partial charge in [-0.3, -0.25) is 0 Å². The summed E-state index contributed by atoms with van der Waals surface area (Å²) in [7, 11) is 0. The number of benzene rings is 3. The van der Waals surface area contributed by atoms with Gasteiger partial charge in [-0.15, -0.1) is 13.2 Å². The molecule has 0 amide bonds. The van der Waals surface area contributed by atoms with Crippen molar-refractivity contribution in [3.8, 4) is 22.6 Å². The third-order valence-corrected chi connectivity index (χ3v) is 6.74. The average Bonchev–Trinajstić information content (AvgIpc) is 3.04. The number of alkyl halides is 5. The minimum atomic E-state index is -5.46. The number of hydrogen-bond donors (Lipinski definition) is 0. The summed E-state index contributed by atoms with van der Waals surface area (Å²) in [5.74, 6) is -9.64. The minimum Gasteiger partial charge on any atom is -0.429 e. The summed E-state index contributed by atoms with van der Waals surface area (Å²) in [5, 5.41) is 0. The molecule has 11 heteroatoms. The summed E-state index contributed by atoms with van der Waals surface area (Å²) < 4.78 is 131. The van der Waals surface area contributed by atoms with Crippen LogP contribution in [0.25, 0.3) is 11.1 Å². The second kappa shape index (κ2) is 11.0. The Kier molecular flexibility index (Phi) is 8.09. The predicted octanol–water partition coefficient (Wildman–Crippen LogP) is 9.62. The quantitative estimate of drug-likeness (QED) is 0.220. The Bertz CT molecular complexity index is 1270. The number of hydrogen-bond acceptors (Lipinski definition) is 2. The van der Waals surface area contributed by atoms with Gasteiger partial charge in [0.2, 0.25) is 5.75 Å². The van der Waals surface area contributed by atoms with Crippen molar-refractivity contribution < 1.29 is 49.0 Å². The zero-order valence-electron chi connectivity index (χ0n) is 20.5. The SMILES string of the molecule is CC1CCCC(c2ccc(-c3cc(F)c(C(F)(F)Oc4cc(F)c(OC(F)(F)F)c(F)c4)c(F)c3)cc2)CC1. The van der Waals surface area contributed by atoms with Crippen molar-refractivity contribution in [1.29, 1.82) is 0 Å². The molecule has 1 fully saturated rings. The van der Waals surface area contributed by atoms with Crippen LogP contribution in [0.4, 0.5) is 39.5 Å². The van der Waals surface area contributed by atoms with Gasteiger partial charge in [-0.2, -0.15) is 8.78 Å². The maximum absolute atomic E-state index is 14.8. The molecule has 0 radical (unpaired) electrons. The number of ether oxygens (including phenoxy) is 2. The summed E-state index contributed by atoms with van der Waals surface area (Å²) in [6.07, 6.45) is -4.82. The van der Waals surface area contributed by atoms with E-state index in [1.54, 1.807) is 12.1 Å². The Morgan fingerprint density at radius 2 is 1.26 bits per heavy atom. The first-order chi connectivity index (χ1) is 18.2. The first-order valence-electron chi connectivity index (χ1n) is 12.1. The van der Waals surface area contributed by atoms with Crippen LogP contribution < -0.4 is 9.47 Å². The fourth-order valence-corrected chi connectivity index (χ4v) is 4.79. The second-order valence-electron chi connectivity index (χ2n) is 9.63.